The number of fused-ring (bicyclic) bond motifs is 1. The summed E-state index contributed by atoms with van der Waals surface area (Å²) in [6.07, 6.45) is 1.80. The molecule has 150 valence electrons. The molecular weight excluding hydrogens is 368 g/mol. The Morgan fingerprint density at radius 3 is 2.52 bits per heavy atom. The molecule has 0 aliphatic carbocycles. The molecule has 3 aromatic carbocycles. The Balaban J connectivity index is 1.74. The van der Waals surface area contributed by atoms with Gasteiger partial charge in [-0.1, -0.05) is 36.4 Å². The number of nitrogens with one attached hydrogen (secondary N) is 1. The summed E-state index contributed by atoms with van der Waals surface area (Å²) in [5, 5.41) is 6.23. The fraction of sp³-hybridized carbons (Fsp3) is 0.217. The maximum Gasteiger partial charge on any atom is 0.244 e. The van der Waals surface area contributed by atoms with Gasteiger partial charge in [0, 0.05) is 5.56 Å². The van der Waals surface area contributed by atoms with Crippen LogP contribution >= 0.6 is 0 Å². The van der Waals surface area contributed by atoms with Crippen molar-refractivity contribution in [1.29, 1.82) is 0 Å². The summed E-state index contributed by atoms with van der Waals surface area (Å²) in [7, 11) is 3.13. The maximum atomic E-state index is 12.3. The molecule has 6 heteroatoms. The third-order valence-corrected chi connectivity index (χ3v) is 4.43. The summed E-state index contributed by atoms with van der Waals surface area (Å²) in [5.41, 5.74) is 4.21. The standard InChI is InChI=1S/C23H24N2O4/c1-4-29-20-12-10-17-7-5-6-8-18(17)19(20)15-24-25-23(26)14-16-9-11-21(27-2)22(13-16)28-3/h5-13,15H,4,14H2,1-3H3,(H,25,26)/b24-15-. The Kier molecular flexibility index (Phi) is 6.68. The predicted octanol–water partition coefficient (Wildman–Crippen LogP) is 3.95. The highest BCUT2D eigenvalue weighted by atomic mass is 16.5. The first kappa shape index (κ1) is 20.2. The number of hydrazone groups is 1. The van der Waals surface area contributed by atoms with Crippen LogP contribution < -0.4 is 19.6 Å². The molecule has 0 bridgehead atoms. The zero-order valence-electron chi connectivity index (χ0n) is 16.8. The van der Waals surface area contributed by atoms with E-state index in [2.05, 4.69) is 10.5 Å². The van der Waals surface area contributed by atoms with Gasteiger partial charge in [-0.25, -0.2) is 5.43 Å². The van der Waals surface area contributed by atoms with Crippen LogP contribution in [0.3, 0.4) is 0 Å². The summed E-state index contributed by atoms with van der Waals surface area (Å²) >= 11 is 0. The van der Waals surface area contributed by atoms with Gasteiger partial charge in [-0.15, -0.1) is 0 Å². The van der Waals surface area contributed by atoms with Crippen molar-refractivity contribution >= 4 is 22.9 Å². The van der Waals surface area contributed by atoms with E-state index < -0.39 is 0 Å². The van der Waals surface area contributed by atoms with Crippen LogP contribution in [0.4, 0.5) is 0 Å². The summed E-state index contributed by atoms with van der Waals surface area (Å²) in [5.74, 6) is 1.70. The van der Waals surface area contributed by atoms with E-state index in [1.807, 2.05) is 49.4 Å². The van der Waals surface area contributed by atoms with E-state index in [9.17, 15) is 4.79 Å². The van der Waals surface area contributed by atoms with Crippen molar-refractivity contribution in [3.63, 3.8) is 0 Å². The Labute approximate surface area is 170 Å². The van der Waals surface area contributed by atoms with Crippen LogP contribution in [0.1, 0.15) is 18.1 Å². The minimum Gasteiger partial charge on any atom is -0.493 e. The molecular formula is C23H24N2O4. The number of ether oxygens (including phenoxy) is 3. The largest absolute Gasteiger partial charge is 0.493 e. The summed E-state index contributed by atoms with van der Waals surface area (Å²) in [6.45, 7) is 2.48. The third-order valence-electron chi connectivity index (χ3n) is 4.43. The molecule has 0 atom stereocenters. The number of benzene rings is 3. The van der Waals surface area contributed by atoms with E-state index in [4.69, 9.17) is 14.2 Å². The van der Waals surface area contributed by atoms with Gasteiger partial charge in [-0.3, -0.25) is 4.79 Å². The molecule has 0 unspecified atom stereocenters. The molecule has 1 amide bonds. The second-order valence-corrected chi connectivity index (χ2v) is 6.29. The van der Waals surface area contributed by atoms with E-state index >= 15 is 0 Å². The molecule has 0 saturated carbocycles. The minimum absolute atomic E-state index is 0.172. The number of nitrogens with zero attached hydrogens (tertiary/aromatic N) is 1. The molecule has 0 heterocycles. The van der Waals surface area contributed by atoms with Crippen molar-refractivity contribution in [3.8, 4) is 17.2 Å². The van der Waals surface area contributed by atoms with E-state index in [0.29, 0.717) is 18.1 Å². The number of methoxy groups -OCH3 is 2. The van der Waals surface area contributed by atoms with Gasteiger partial charge < -0.3 is 14.2 Å². The highest BCUT2D eigenvalue weighted by Crippen LogP contribution is 2.28. The predicted molar refractivity (Wildman–Crippen MR) is 114 cm³/mol. The van der Waals surface area contributed by atoms with Crippen molar-refractivity contribution < 1.29 is 19.0 Å². The molecule has 0 aliphatic heterocycles. The topological polar surface area (TPSA) is 69.2 Å². The Hall–Kier alpha value is -3.54. The number of carbonyl (C=O) groups excluding carboxylic acids is 1. The number of hydrogen-bond acceptors (Lipinski definition) is 5. The van der Waals surface area contributed by atoms with Crippen LogP contribution in [0, 0.1) is 0 Å². The van der Waals surface area contributed by atoms with Gasteiger partial charge in [0.25, 0.3) is 0 Å². The van der Waals surface area contributed by atoms with Crippen LogP contribution in [0.2, 0.25) is 0 Å². The lowest BCUT2D eigenvalue weighted by Crippen LogP contribution is -2.19. The van der Waals surface area contributed by atoms with Crippen LogP contribution in [0.15, 0.2) is 59.7 Å². The van der Waals surface area contributed by atoms with Crippen LogP contribution in [-0.4, -0.2) is 32.9 Å². The number of carbonyl (C=O) groups is 1. The van der Waals surface area contributed by atoms with Crippen molar-refractivity contribution in [3.05, 3.63) is 65.7 Å². The highest BCUT2D eigenvalue weighted by molar-refractivity contribution is 6.02. The molecule has 0 radical (unpaired) electrons. The van der Waals surface area contributed by atoms with E-state index in [1.54, 1.807) is 32.6 Å². The lowest BCUT2D eigenvalue weighted by molar-refractivity contribution is -0.120. The number of amides is 1. The molecule has 0 spiro atoms. The normalized spacial score (nSPS) is 10.9. The van der Waals surface area contributed by atoms with Gasteiger partial charge in [0.1, 0.15) is 5.75 Å². The molecule has 29 heavy (non-hydrogen) atoms. The lowest BCUT2D eigenvalue weighted by atomic mass is 10.0. The molecule has 6 nitrogen and oxygen atoms in total. The van der Waals surface area contributed by atoms with Gasteiger partial charge in [0.2, 0.25) is 5.91 Å². The second kappa shape index (κ2) is 9.59. The molecule has 3 aromatic rings. The first-order chi connectivity index (χ1) is 14.2. The SMILES string of the molecule is CCOc1ccc2ccccc2c1/C=N\NC(=O)Cc1ccc(OC)c(OC)c1. The molecule has 0 aromatic heterocycles. The minimum atomic E-state index is -0.230. The zero-order valence-corrected chi connectivity index (χ0v) is 16.8. The first-order valence-corrected chi connectivity index (χ1v) is 9.33. The molecule has 0 aliphatic rings. The van der Waals surface area contributed by atoms with E-state index in [-0.39, 0.29) is 12.3 Å². The monoisotopic (exact) mass is 392 g/mol. The van der Waals surface area contributed by atoms with Crippen molar-refractivity contribution in [2.75, 3.05) is 20.8 Å². The summed E-state index contributed by atoms with van der Waals surface area (Å²) in [6, 6.07) is 17.3. The summed E-state index contributed by atoms with van der Waals surface area (Å²) < 4.78 is 16.2. The van der Waals surface area contributed by atoms with E-state index in [0.717, 1.165) is 27.6 Å². The fourth-order valence-electron chi connectivity index (χ4n) is 3.07. The highest BCUT2D eigenvalue weighted by Gasteiger charge is 2.09. The van der Waals surface area contributed by atoms with Crippen molar-refractivity contribution in [2.24, 2.45) is 5.10 Å². The average Bonchev–Trinajstić information content (AvgIpc) is 2.75. The zero-order chi connectivity index (χ0) is 20.6. The molecule has 3 rings (SSSR count). The number of rotatable bonds is 8. The molecule has 0 saturated heterocycles. The van der Waals surface area contributed by atoms with Gasteiger partial charge in [0.15, 0.2) is 11.5 Å². The van der Waals surface area contributed by atoms with Crippen molar-refractivity contribution in [1.82, 2.24) is 5.43 Å². The van der Waals surface area contributed by atoms with Gasteiger partial charge in [0.05, 0.1) is 33.5 Å². The summed E-state index contributed by atoms with van der Waals surface area (Å²) in [4.78, 5) is 12.3. The van der Waals surface area contributed by atoms with E-state index in [1.165, 1.54) is 0 Å². The van der Waals surface area contributed by atoms with Gasteiger partial charge in [-0.2, -0.15) is 5.10 Å². The van der Waals surface area contributed by atoms with Crippen LogP contribution in [-0.2, 0) is 11.2 Å². The Morgan fingerprint density at radius 2 is 1.76 bits per heavy atom. The average molecular weight is 392 g/mol. The van der Waals surface area contributed by atoms with Gasteiger partial charge >= 0.3 is 0 Å². The first-order valence-electron chi connectivity index (χ1n) is 9.33. The Morgan fingerprint density at radius 1 is 1.00 bits per heavy atom. The smallest absolute Gasteiger partial charge is 0.244 e. The van der Waals surface area contributed by atoms with Crippen molar-refractivity contribution in [2.45, 2.75) is 13.3 Å². The number of hydrogen-bond donors (Lipinski definition) is 1. The second-order valence-electron chi connectivity index (χ2n) is 6.29. The molecule has 1 N–H and O–H groups in total. The van der Waals surface area contributed by atoms with Gasteiger partial charge in [-0.05, 0) is 41.5 Å². The fourth-order valence-corrected chi connectivity index (χ4v) is 3.07. The molecule has 0 fully saturated rings. The quantitative estimate of drug-likeness (QED) is 0.466. The lowest BCUT2D eigenvalue weighted by Gasteiger charge is -2.10. The van der Waals surface area contributed by atoms with Crippen LogP contribution in [0.25, 0.3) is 10.8 Å². The van der Waals surface area contributed by atoms with Crippen LogP contribution in [0.5, 0.6) is 17.2 Å². The maximum absolute atomic E-state index is 12.3. The Bertz CT molecular complexity index is 1030. The third kappa shape index (κ3) is 4.85.